The summed E-state index contributed by atoms with van der Waals surface area (Å²) in [5.74, 6) is 0.0810. The molecule has 0 saturated carbocycles. The fourth-order valence-corrected chi connectivity index (χ4v) is 3.62. The monoisotopic (exact) mass is 439 g/mol. The van der Waals surface area contributed by atoms with E-state index in [2.05, 4.69) is 0 Å². The summed E-state index contributed by atoms with van der Waals surface area (Å²) in [6.07, 6.45) is 0.993. The minimum atomic E-state index is -3.62. The molecule has 3 aromatic carbocycles. The summed E-state index contributed by atoms with van der Waals surface area (Å²) < 4.78 is 32.9. The minimum Gasteiger partial charge on any atom is -0.383 e. The number of hydrogen-bond donors (Lipinski definition) is 0. The van der Waals surface area contributed by atoms with Crippen molar-refractivity contribution >= 4 is 16.0 Å². The van der Waals surface area contributed by atoms with Crippen LogP contribution in [0.2, 0.25) is 0 Å². The Morgan fingerprint density at radius 2 is 1.58 bits per heavy atom. The molecular formula is C24H25NO5S. The van der Waals surface area contributed by atoms with Gasteiger partial charge in [-0.05, 0) is 41.0 Å². The van der Waals surface area contributed by atoms with Crippen molar-refractivity contribution in [3.8, 4) is 16.9 Å². The normalized spacial score (nSPS) is 11.2. The summed E-state index contributed by atoms with van der Waals surface area (Å²) in [6, 6.07) is 24.1. The Morgan fingerprint density at radius 3 is 2.23 bits per heavy atom. The van der Waals surface area contributed by atoms with Gasteiger partial charge >= 0.3 is 10.1 Å². The number of carbonyl (C=O) groups excluding carboxylic acids is 1. The number of amides is 1. The lowest BCUT2D eigenvalue weighted by atomic mass is 10.0. The maximum atomic E-state index is 13.2. The van der Waals surface area contributed by atoms with Gasteiger partial charge in [0.1, 0.15) is 5.75 Å². The summed E-state index contributed by atoms with van der Waals surface area (Å²) in [6.45, 7) is 1.07. The van der Waals surface area contributed by atoms with E-state index < -0.39 is 10.1 Å². The van der Waals surface area contributed by atoms with Gasteiger partial charge in [-0.2, -0.15) is 8.42 Å². The van der Waals surface area contributed by atoms with Crippen LogP contribution in [0.3, 0.4) is 0 Å². The van der Waals surface area contributed by atoms with E-state index in [0.29, 0.717) is 25.3 Å². The number of carbonyl (C=O) groups is 1. The van der Waals surface area contributed by atoms with Crippen LogP contribution in [0.25, 0.3) is 11.1 Å². The van der Waals surface area contributed by atoms with Crippen molar-refractivity contribution < 1.29 is 22.1 Å². The maximum Gasteiger partial charge on any atom is 0.306 e. The molecule has 31 heavy (non-hydrogen) atoms. The first-order valence-electron chi connectivity index (χ1n) is 9.78. The topological polar surface area (TPSA) is 72.9 Å². The molecular weight excluding hydrogens is 414 g/mol. The molecule has 0 bridgehead atoms. The van der Waals surface area contributed by atoms with Crippen molar-refractivity contribution in [3.63, 3.8) is 0 Å². The Kier molecular flexibility index (Phi) is 7.44. The molecule has 0 aliphatic rings. The van der Waals surface area contributed by atoms with Crippen LogP contribution in [-0.4, -0.2) is 45.7 Å². The molecule has 0 spiro atoms. The Hall–Kier alpha value is -3.16. The zero-order valence-corrected chi connectivity index (χ0v) is 18.3. The first kappa shape index (κ1) is 22.5. The van der Waals surface area contributed by atoms with Crippen LogP contribution in [0.15, 0.2) is 78.9 Å². The Bertz CT molecular complexity index is 1110. The van der Waals surface area contributed by atoms with Crippen molar-refractivity contribution in [3.05, 3.63) is 90.0 Å². The number of benzene rings is 3. The van der Waals surface area contributed by atoms with E-state index in [1.807, 2.05) is 60.7 Å². The zero-order valence-electron chi connectivity index (χ0n) is 17.5. The number of nitrogens with zero attached hydrogens (tertiary/aromatic N) is 1. The smallest absolute Gasteiger partial charge is 0.306 e. The quantitative estimate of drug-likeness (QED) is 0.472. The Morgan fingerprint density at radius 1 is 0.903 bits per heavy atom. The molecule has 0 aromatic heterocycles. The standard InChI is InChI=1S/C24H25NO5S/c1-29-16-15-25(18-19-7-6-10-23(17-19)30-31(2,27)28)24(26)22-13-11-21(12-14-22)20-8-4-3-5-9-20/h3-14,17H,15-16,18H2,1-2H3. The minimum absolute atomic E-state index is 0.133. The number of methoxy groups -OCH3 is 1. The third kappa shape index (κ3) is 6.67. The molecule has 0 radical (unpaired) electrons. The van der Waals surface area contributed by atoms with Gasteiger partial charge in [0.05, 0.1) is 12.9 Å². The molecule has 0 saturated heterocycles. The SMILES string of the molecule is COCCN(Cc1cccc(OS(C)(=O)=O)c1)C(=O)c1ccc(-c2ccccc2)cc1. The second-order valence-corrected chi connectivity index (χ2v) is 8.67. The van der Waals surface area contributed by atoms with E-state index in [1.165, 1.54) is 0 Å². The highest BCUT2D eigenvalue weighted by Gasteiger charge is 2.17. The van der Waals surface area contributed by atoms with Crippen molar-refractivity contribution in [1.82, 2.24) is 4.90 Å². The van der Waals surface area contributed by atoms with Crippen LogP contribution >= 0.6 is 0 Å². The van der Waals surface area contributed by atoms with E-state index in [9.17, 15) is 13.2 Å². The van der Waals surface area contributed by atoms with Crippen LogP contribution in [0.5, 0.6) is 5.75 Å². The predicted octanol–water partition coefficient (Wildman–Crippen LogP) is 3.98. The lowest BCUT2D eigenvalue weighted by molar-refractivity contribution is 0.0680. The van der Waals surface area contributed by atoms with E-state index in [1.54, 1.807) is 30.2 Å². The molecule has 0 aliphatic carbocycles. The summed E-state index contributed by atoms with van der Waals surface area (Å²) in [7, 11) is -2.04. The third-order valence-electron chi connectivity index (χ3n) is 4.61. The Balaban J connectivity index is 1.79. The van der Waals surface area contributed by atoms with Crippen LogP contribution in [-0.2, 0) is 21.4 Å². The average molecular weight is 440 g/mol. The van der Waals surface area contributed by atoms with Crippen LogP contribution in [0.4, 0.5) is 0 Å². The van der Waals surface area contributed by atoms with Crippen LogP contribution in [0.1, 0.15) is 15.9 Å². The molecule has 3 aromatic rings. The fourth-order valence-electron chi connectivity index (χ4n) is 3.16. The third-order valence-corrected chi connectivity index (χ3v) is 5.11. The molecule has 7 heteroatoms. The number of hydrogen-bond acceptors (Lipinski definition) is 5. The molecule has 162 valence electrons. The molecule has 0 fully saturated rings. The van der Waals surface area contributed by atoms with Gasteiger partial charge in [-0.3, -0.25) is 4.79 Å². The van der Waals surface area contributed by atoms with Gasteiger partial charge in [-0.25, -0.2) is 0 Å². The molecule has 1 amide bonds. The molecule has 3 rings (SSSR count). The lowest BCUT2D eigenvalue weighted by Crippen LogP contribution is -2.33. The van der Waals surface area contributed by atoms with Crippen molar-refractivity contribution in [2.24, 2.45) is 0 Å². The number of ether oxygens (including phenoxy) is 1. The van der Waals surface area contributed by atoms with Gasteiger partial charge in [-0.15, -0.1) is 0 Å². The van der Waals surface area contributed by atoms with Gasteiger partial charge in [-0.1, -0.05) is 54.6 Å². The highest BCUT2D eigenvalue weighted by molar-refractivity contribution is 7.86. The van der Waals surface area contributed by atoms with Crippen molar-refractivity contribution in [1.29, 1.82) is 0 Å². The van der Waals surface area contributed by atoms with E-state index in [4.69, 9.17) is 8.92 Å². The highest BCUT2D eigenvalue weighted by Crippen LogP contribution is 2.21. The lowest BCUT2D eigenvalue weighted by Gasteiger charge is -2.23. The molecule has 6 nitrogen and oxygen atoms in total. The van der Waals surface area contributed by atoms with E-state index in [-0.39, 0.29) is 11.7 Å². The number of rotatable bonds is 9. The summed E-state index contributed by atoms with van der Waals surface area (Å²) in [5.41, 5.74) is 3.44. The Labute approximate surface area is 183 Å². The average Bonchev–Trinajstić information content (AvgIpc) is 2.76. The first-order chi connectivity index (χ1) is 14.9. The maximum absolute atomic E-state index is 13.2. The van der Waals surface area contributed by atoms with Gasteiger partial charge in [0.15, 0.2) is 0 Å². The summed E-state index contributed by atoms with van der Waals surface area (Å²) in [5, 5.41) is 0. The second kappa shape index (κ2) is 10.2. The van der Waals surface area contributed by atoms with Gasteiger partial charge < -0.3 is 13.8 Å². The van der Waals surface area contributed by atoms with Crippen LogP contribution in [0, 0.1) is 0 Å². The molecule has 0 aliphatic heterocycles. The molecule has 0 atom stereocenters. The predicted molar refractivity (Wildman–Crippen MR) is 120 cm³/mol. The van der Waals surface area contributed by atoms with Gasteiger partial charge in [0, 0.05) is 25.8 Å². The van der Waals surface area contributed by atoms with E-state index >= 15 is 0 Å². The highest BCUT2D eigenvalue weighted by atomic mass is 32.2. The summed E-state index contributed by atoms with van der Waals surface area (Å²) >= 11 is 0. The zero-order chi connectivity index (χ0) is 22.3. The second-order valence-electron chi connectivity index (χ2n) is 7.10. The summed E-state index contributed by atoms with van der Waals surface area (Å²) in [4.78, 5) is 14.8. The molecule has 0 N–H and O–H groups in total. The fraction of sp³-hybridized carbons (Fsp3) is 0.208. The van der Waals surface area contributed by atoms with E-state index in [0.717, 1.165) is 22.9 Å². The van der Waals surface area contributed by atoms with Gasteiger partial charge in [0.25, 0.3) is 5.91 Å². The van der Waals surface area contributed by atoms with Gasteiger partial charge in [0.2, 0.25) is 0 Å². The molecule has 0 heterocycles. The first-order valence-corrected chi connectivity index (χ1v) is 11.6. The largest absolute Gasteiger partial charge is 0.383 e. The molecule has 0 unspecified atom stereocenters. The van der Waals surface area contributed by atoms with Crippen molar-refractivity contribution in [2.45, 2.75) is 6.54 Å². The van der Waals surface area contributed by atoms with Crippen LogP contribution < -0.4 is 4.18 Å². The van der Waals surface area contributed by atoms with Crippen molar-refractivity contribution in [2.75, 3.05) is 26.5 Å².